The standard InChI is InChI=1S/C23H26N4O3/c1-14-7-16(13-27-21(29)11-20(17-5-6-17)26-23(27)24)9-18(8-14)22(30)25-12-15-3-2-4-19(28)10-15/h2-4,7-10,17,20,28H,5-6,11-13H2,1H3,(H2,24,26)(H,25,30). The van der Waals surface area contributed by atoms with E-state index in [4.69, 9.17) is 5.73 Å². The molecule has 0 spiro atoms. The molecule has 156 valence electrons. The second-order valence-electron chi connectivity index (χ2n) is 8.14. The topological polar surface area (TPSA) is 108 Å². The number of aliphatic imine (C=N–C) groups is 1. The molecule has 2 amide bonds. The van der Waals surface area contributed by atoms with Crippen molar-refractivity contribution in [3.05, 3.63) is 64.7 Å². The minimum absolute atomic E-state index is 0.0178. The van der Waals surface area contributed by atoms with Gasteiger partial charge in [-0.15, -0.1) is 0 Å². The van der Waals surface area contributed by atoms with E-state index in [1.165, 1.54) is 4.90 Å². The van der Waals surface area contributed by atoms with Gasteiger partial charge in [0.2, 0.25) is 5.91 Å². The van der Waals surface area contributed by atoms with Crippen molar-refractivity contribution in [1.82, 2.24) is 10.2 Å². The molecule has 4 N–H and O–H groups in total. The van der Waals surface area contributed by atoms with Gasteiger partial charge >= 0.3 is 0 Å². The number of aryl methyl sites for hydroxylation is 1. The number of carbonyl (C=O) groups excluding carboxylic acids is 2. The van der Waals surface area contributed by atoms with Crippen molar-refractivity contribution < 1.29 is 14.7 Å². The van der Waals surface area contributed by atoms with Crippen LogP contribution in [0.3, 0.4) is 0 Å². The Balaban J connectivity index is 1.45. The highest BCUT2D eigenvalue weighted by Crippen LogP contribution is 2.37. The summed E-state index contributed by atoms with van der Waals surface area (Å²) in [6.07, 6.45) is 2.63. The summed E-state index contributed by atoms with van der Waals surface area (Å²) in [5, 5.41) is 12.4. The lowest BCUT2D eigenvalue weighted by Crippen LogP contribution is -2.47. The molecule has 0 saturated heterocycles. The number of carbonyl (C=O) groups is 2. The van der Waals surface area contributed by atoms with Crippen LogP contribution >= 0.6 is 0 Å². The van der Waals surface area contributed by atoms with E-state index < -0.39 is 0 Å². The number of phenolic OH excluding ortho intramolecular Hbond substituents is 1. The van der Waals surface area contributed by atoms with Crippen LogP contribution in [-0.2, 0) is 17.9 Å². The highest BCUT2D eigenvalue weighted by atomic mass is 16.3. The summed E-state index contributed by atoms with van der Waals surface area (Å²) in [6, 6.07) is 12.3. The van der Waals surface area contributed by atoms with E-state index >= 15 is 0 Å². The Kier molecular flexibility index (Phi) is 5.44. The van der Waals surface area contributed by atoms with Crippen molar-refractivity contribution in [2.45, 2.75) is 45.3 Å². The van der Waals surface area contributed by atoms with Gasteiger partial charge in [-0.1, -0.05) is 18.2 Å². The van der Waals surface area contributed by atoms with Crippen LogP contribution in [0, 0.1) is 12.8 Å². The van der Waals surface area contributed by atoms with Crippen LogP contribution < -0.4 is 11.1 Å². The monoisotopic (exact) mass is 406 g/mol. The van der Waals surface area contributed by atoms with Crippen molar-refractivity contribution in [3.63, 3.8) is 0 Å². The minimum atomic E-state index is -0.219. The molecule has 1 saturated carbocycles. The first-order valence-corrected chi connectivity index (χ1v) is 10.2. The Morgan fingerprint density at radius 1 is 1.23 bits per heavy atom. The van der Waals surface area contributed by atoms with E-state index in [1.54, 1.807) is 30.3 Å². The largest absolute Gasteiger partial charge is 0.508 e. The fraction of sp³-hybridized carbons (Fsp3) is 0.348. The van der Waals surface area contributed by atoms with Crippen molar-refractivity contribution in [3.8, 4) is 5.75 Å². The van der Waals surface area contributed by atoms with Gasteiger partial charge < -0.3 is 16.2 Å². The summed E-state index contributed by atoms with van der Waals surface area (Å²) < 4.78 is 0. The average Bonchev–Trinajstić information content (AvgIpc) is 3.54. The molecule has 2 aliphatic rings. The number of phenols is 1. The van der Waals surface area contributed by atoms with E-state index in [0.717, 1.165) is 29.5 Å². The molecule has 7 nitrogen and oxygen atoms in total. The third-order valence-electron chi connectivity index (χ3n) is 5.53. The molecule has 2 aromatic rings. The Morgan fingerprint density at radius 3 is 2.73 bits per heavy atom. The molecular formula is C23H26N4O3. The van der Waals surface area contributed by atoms with Gasteiger partial charge in [0.1, 0.15) is 5.75 Å². The molecule has 4 rings (SSSR count). The van der Waals surface area contributed by atoms with Crippen molar-refractivity contribution >= 4 is 17.8 Å². The maximum atomic E-state index is 12.7. The third-order valence-corrected chi connectivity index (χ3v) is 5.53. The number of nitrogens with one attached hydrogen (secondary N) is 1. The molecule has 0 aromatic heterocycles. The molecule has 1 atom stereocenters. The van der Waals surface area contributed by atoms with Gasteiger partial charge in [0.05, 0.1) is 19.0 Å². The molecular weight excluding hydrogens is 380 g/mol. The van der Waals surface area contributed by atoms with Gasteiger partial charge in [0.25, 0.3) is 5.91 Å². The highest BCUT2D eigenvalue weighted by molar-refractivity contribution is 5.98. The van der Waals surface area contributed by atoms with Crippen molar-refractivity contribution in [1.29, 1.82) is 0 Å². The second-order valence-corrected chi connectivity index (χ2v) is 8.14. The molecule has 1 heterocycles. The number of nitrogens with two attached hydrogens (primary N) is 1. The number of hydrogen-bond acceptors (Lipinski definition) is 5. The molecule has 30 heavy (non-hydrogen) atoms. The van der Waals surface area contributed by atoms with Crippen molar-refractivity contribution in [2.75, 3.05) is 0 Å². The Bertz CT molecular complexity index is 1010. The number of rotatable bonds is 6. The van der Waals surface area contributed by atoms with Crippen LogP contribution in [0.1, 0.15) is 46.3 Å². The number of aromatic hydroxyl groups is 1. The van der Waals surface area contributed by atoms with Gasteiger partial charge in [0, 0.05) is 12.1 Å². The van der Waals surface area contributed by atoms with Crippen LogP contribution in [0.2, 0.25) is 0 Å². The van der Waals surface area contributed by atoms with E-state index in [-0.39, 0.29) is 29.6 Å². The van der Waals surface area contributed by atoms with Gasteiger partial charge in [0.15, 0.2) is 5.96 Å². The van der Waals surface area contributed by atoms with Crippen LogP contribution in [-0.4, -0.2) is 33.8 Å². The van der Waals surface area contributed by atoms with Crippen molar-refractivity contribution in [2.24, 2.45) is 16.6 Å². The predicted octanol–water partition coefficient (Wildman–Crippen LogP) is 2.46. The Morgan fingerprint density at radius 2 is 2.03 bits per heavy atom. The van der Waals surface area contributed by atoms with E-state index in [0.29, 0.717) is 31.0 Å². The summed E-state index contributed by atoms with van der Waals surface area (Å²) in [5.74, 6) is 0.684. The highest BCUT2D eigenvalue weighted by Gasteiger charge is 2.37. The number of nitrogens with zero attached hydrogens (tertiary/aromatic N) is 2. The first-order valence-electron chi connectivity index (χ1n) is 10.2. The molecule has 2 aromatic carbocycles. The van der Waals surface area contributed by atoms with Gasteiger partial charge in [-0.3, -0.25) is 14.5 Å². The lowest BCUT2D eigenvalue weighted by atomic mass is 10.0. The van der Waals surface area contributed by atoms with E-state index in [2.05, 4.69) is 10.3 Å². The third kappa shape index (κ3) is 4.62. The molecule has 1 unspecified atom stereocenters. The summed E-state index contributed by atoms with van der Waals surface area (Å²) in [5.41, 5.74) is 9.16. The lowest BCUT2D eigenvalue weighted by Gasteiger charge is -2.29. The molecule has 1 aliphatic heterocycles. The fourth-order valence-corrected chi connectivity index (χ4v) is 3.84. The SMILES string of the molecule is Cc1cc(CN2C(=O)CC(C3CC3)N=C2N)cc(C(=O)NCc2cccc(O)c2)c1. The minimum Gasteiger partial charge on any atom is -0.508 e. The normalized spacial score (nSPS) is 18.8. The predicted molar refractivity (Wildman–Crippen MR) is 114 cm³/mol. The Hall–Kier alpha value is -3.35. The summed E-state index contributed by atoms with van der Waals surface area (Å²) in [7, 11) is 0. The average molecular weight is 406 g/mol. The first-order chi connectivity index (χ1) is 14.4. The first kappa shape index (κ1) is 19.9. The number of benzene rings is 2. The lowest BCUT2D eigenvalue weighted by molar-refractivity contribution is -0.129. The van der Waals surface area contributed by atoms with Gasteiger partial charge in [-0.25, -0.2) is 4.99 Å². The fourth-order valence-electron chi connectivity index (χ4n) is 3.84. The summed E-state index contributed by atoms with van der Waals surface area (Å²) in [6.45, 7) is 2.51. The molecule has 7 heteroatoms. The Labute approximate surface area is 175 Å². The van der Waals surface area contributed by atoms with Gasteiger partial charge in [-0.2, -0.15) is 0 Å². The summed E-state index contributed by atoms with van der Waals surface area (Å²) >= 11 is 0. The second kappa shape index (κ2) is 8.18. The number of guanidine groups is 1. The van der Waals surface area contributed by atoms with Crippen LogP contribution in [0.5, 0.6) is 5.75 Å². The summed E-state index contributed by atoms with van der Waals surface area (Å²) in [4.78, 5) is 31.3. The van der Waals surface area contributed by atoms with Crippen LogP contribution in [0.15, 0.2) is 47.5 Å². The van der Waals surface area contributed by atoms with Crippen LogP contribution in [0.25, 0.3) is 0 Å². The zero-order chi connectivity index (χ0) is 21.3. The molecule has 0 radical (unpaired) electrons. The zero-order valence-corrected chi connectivity index (χ0v) is 17.0. The maximum Gasteiger partial charge on any atom is 0.251 e. The number of amides is 2. The molecule has 0 bridgehead atoms. The molecule has 1 aliphatic carbocycles. The number of hydrogen-bond donors (Lipinski definition) is 3. The van der Waals surface area contributed by atoms with Gasteiger partial charge in [-0.05, 0) is 66.6 Å². The quantitative estimate of drug-likeness (QED) is 0.685. The smallest absolute Gasteiger partial charge is 0.251 e. The maximum absolute atomic E-state index is 12.7. The van der Waals surface area contributed by atoms with E-state index in [9.17, 15) is 14.7 Å². The van der Waals surface area contributed by atoms with E-state index in [1.807, 2.05) is 19.1 Å². The van der Waals surface area contributed by atoms with Crippen LogP contribution in [0.4, 0.5) is 0 Å². The zero-order valence-electron chi connectivity index (χ0n) is 17.0. The molecule has 1 fully saturated rings.